The molecular weight excluding hydrogens is 374 g/mol. The van der Waals surface area contributed by atoms with Crippen LogP contribution in [0, 0.1) is 13.8 Å². The van der Waals surface area contributed by atoms with E-state index in [0.29, 0.717) is 12.3 Å². The molecule has 152 valence electrons. The second-order valence-corrected chi connectivity index (χ2v) is 7.71. The topological polar surface area (TPSA) is 47.6 Å². The van der Waals surface area contributed by atoms with Gasteiger partial charge in [0.2, 0.25) is 0 Å². The van der Waals surface area contributed by atoms with E-state index in [1.54, 1.807) is 6.92 Å². The molecule has 2 aromatic rings. The minimum absolute atomic E-state index is 0.120. The van der Waals surface area contributed by atoms with E-state index < -0.39 is 6.10 Å². The molecule has 1 amide bonds. The van der Waals surface area contributed by atoms with Crippen molar-refractivity contribution in [3.8, 4) is 11.5 Å². The summed E-state index contributed by atoms with van der Waals surface area (Å²) in [5, 5.41) is 3.67. The summed E-state index contributed by atoms with van der Waals surface area (Å²) in [5.41, 5.74) is 3.10. The molecule has 0 heterocycles. The van der Waals surface area contributed by atoms with Gasteiger partial charge in [0, 0.05) is 11.6 Å². The van der Waals surface area contributed by atoms with Gasteiger partial charge in [0.1, 0.15) is 11.5 Å². The Labute approximate surface area is 173 Å². The van der Waals surface area contributed by atoms with Crippen molar-refractivity contribution in [2.24, 2.45) is 0 Å². The first-order valence-electron chi connectivity index (χ1n) is 9.73. The molecule has 0 spiro atoms. The van der Waals surface area contributed by atoms with Gasteiger partial charge in [-0.1, -0.05) is 23.7 Å². The van der Waals surface area contributed by atoms with Gasteiger partial charge in [-0.25, -0.2) is 0 Å². The van der Waals surface area contributed by atoms with E-state index in [2.05, 4.69) is 17.4 Å². The third-order valence-corrected chi connectivity index (χ3v) is 4.92. The van der Waals surface area contributed by atoms with E-state index in [0.717, 1.165) is 34.7 Å². The van der Waals surface area contributed by atoms with Gasteiger partial charge in [-0.05, 0) is 88.4 Å². The van der Waals surface area contributed by atoms with Crippen LogP contribution in [0.3, 0.4) is 0 Å². The Balaban J connectivity index is 1.74. The number of carbonyl (C=O) groups excluding carboxylic acids is 1. The number of carbonyl (C=O) groups is 1. The number of aryl methyl sites for hydroxylation is 3. The molecule has 2 rings (SSSR count). The lowest BCUT2D eigenvalue weighted by molar-refractivity contribution is -0.127. The number of benzene rings is 2. The highest BCUT2D eigenvalue weighted by Crippen LogP contribution is 2.26. The SMILES string of the molecule is Cc1cc(O[C@H](C)C(=O)NCCCc2ccc(OC(C)C)cc2)cc(C)c1Cl. The summed E-state index contributed by atoms with van der Waals surface area (Å²) in [4.78, 5) is 12.3. The van der Waals surface area contributed by atoms with Gasteiger partial charge in [0.15, 0.2) is 6.10 Å². The Morgan fingerprint density at radius 2 is 1.61 bits per heavy atom. The normalized spacial score (nSPS) is 12.0. The summed E-state index contributed by atoms with van der Waals surface area (Å²) in [6.07, 6.45) is 1.37. The zero-order chi connectivity index (χ0) is 20.7. The van der Waals surface area contributed by atoms with Crippen molar-refractivity contribution in [1.82, 2.24) is 5.32 Å². The van der Waals surface area contributed by atoms with Crippen molar-refractivity contribution < 1.29 is 14.3 Å². The molecule has 1 atom stereocenters. The minimum Gasteiger partial charge on any atom is -0.491 e. The molecule has 0 saturated heterocycles. The van der Waals surface area contributed by atoms with Crippen LogP contribution in [0.5, 0.6) is 11.5 Å². The van der Waals surface area contributed by atoms with Crippen LogP contribution >= 0.6 is 11.6 Å². The fourth-order valence-corrected chi connectivity index (χ4v) is 3.00. The van der Waals surface area contributed by atoms with Crippen LogP contribution in [0.25, 0.3) is 0 Å². The van der Waals surface area contributed by atoms with Crippen LogP contribution in [0.4, 0.5) is 0 Å². The zero-order valence-corrected chi connectivity index (χ0v) is 18.1. The van der Waals surface area contributed by atoms with E-state index in [1.165, 1.54) is 5.56 Å². The summed E-state index contributed by atoms with van der Waals surface area (Å²) in [7, 11) is 0. The first kappa shape index (κ1) is 22.1. The van der Waals surface area contributed by atoms with Crippen LogP contribution in [-0.4, -0.2) is 24.7 Å². The maximum atomic E-state index is 12.3. The fourth-order valence-electron chi connectivity index (χ4n) is 2.89. The van der Waals surface area contributed by atoms with Crippen LogP contribution in [0.2, 0.25) is 5.02 Å². The molecule has 0 radical (unpaired) electrons. The zero-order valence-electron chi connectivity index (χ0n) is 17.3. The van der Waals surface area contributed by atoms with Gasteiger partial charge in [-0.15, -0.1) is 0 Å². The van der Waals surface area contributed by atoms with Crippen molar-refractivity contribution in [2.75, 3.05) is 6.54 Å². The van der Waals surface area contributed by atoms with E-state index in [1.807, 2.05) is 52.0 Å². The van der Waals surface area contributed by atoms with E-state index in [4.69, 9.17) is 21.1 Å². The number of nitrogens with one attached hydrogen (secondary N) is 1. The van der Waals surface area contributed by atoms with Gasteiger partial charge in [-0.2, -0.15) is 0 Å². The number of amides is 1. The molecule has 4 nitrogen and oxygen atoms in total. The smallest absolute Gasteiger partial charge is 0.260 e. The van der Waals surface area contributed by atoms with Crippen LogP contribution in [0.15, 0.2) is 36.4 Å². The molecule has 5 heteroatoms. The summed E-state index contributed by atoms with van der Waals surface area (Å²) < 4.78 is 11.4. The maximum absolute atomic E-state index is 12.3. The molecule has 0 aromatic heterocycles. The number of rotatable bonds is 9. The maximum Gasteiger partial charge on any atom is 0.260 e. The lowest BCUT2D eigenvalue weighted by atomic mass is 10.1. The molecule has 0 aliphatic heterocycles. The Morgan fingerprint density at radius 3 is 2.18 bits per heavy atom. The predicted octanol–water partition coefficient (Wildman–Crippen LogP) is 5.26. The van der Waals surface area contributed by atoms with Gasteiger partial charge >= 0.3 is 0 Å². The second-order valence-electron chi connectivity index (χ2n) is 7.34. The fraction of sp³-hybridized carbons (Fsp3) is 0.435. The summed E-state index contributed by atoms with van der Waals surface area (Å²) in [6, 6.07) is 11.8. The highest BCUT2D eigenvalue weighted by atomic mass is 35.5. The van der Waals surface area contributed by atoms with Gasteiger partial charge in [-0.3, -0.25) is 4.79 Å². The molecule has 0 aliphatic carbocycles. The quantitative estimate of drug-likeness (QED) is 0.581. The first-order valence-corrected chi connectivity index (χ1v) is 10.1. The predicted molar refractivity (Wildman–Crippen MR) is 115 cm³/mol. The highest BCUT2D eigenvalue weighted by molar-refractivity contribution is 6.32. The number of hydrogen-bond acceptors (Lipinski definition) is 3. The molecule has 0 bridgehead atoms. The van der Waals surface area contributed by atoms with Crippen molar-refractivity contribution in [3.05, 3.63) is 58.1 Å². The van der Waals surface area contributed by atoms with Crippen molar-refractivity contribution >= 4 is 17.5 Å². The summed E-state index contributed by atoms with van der Waals surface area (Å²) in [5.74, 6) is 1.42. The van der Waals surface area contributed by atoms with Crippen LogP contribution in [-0.2, 0) is 11.2 Å². The highest BCUT2D eigenvalue weighted by Gasteiger charge is 2.15. The minimum atomic E-state index is -0.563. The monoisotopic (exact) mass is 403 g/mol. The standard InChI is InChI=1S/C23H30ClNO3/c1-15(2)27-20-10-8-19(9-11-20)7-6-12-25-23(26)18(5)28-21-13-16(3)22(24)17(4)14-21/h8-11,13-15,18H,6-7,12H2,1-5H3,(H,25,26)/t18-/m1/s1. The van der Waals surface area contributed by atoms with E-state index in [9.17, 15) is 4.79 Å². The lowest BCUT2D eigenvalue weighted by Crippen LogP contribution is -2.37. The Bertz CT molecular complexity index is 764. The van der Waals surface area contributed by atoms with E-state index >= 15 is 0 Å². The van der Waals surface area contributed by atoms with Crippen molar-refractivity contribution in [1.29, 1.82) is 0 Å². The number of ether oxygens (including phenoxy) is 2. The van der Waals surface area contributed by atoms with Crippen LogP contribution < -0.4 is 14.8 Å². The Hall–Kier alpha value is -2.20. The van der Waals surface area contributed by atoms with Gasteiger partial charge < -0.3 is 14.8 Å². The lowest BCUT2D eigenvalue weighted by Gasteiger charge is -2.16. The van der Waals surface area contributed by atoms with Gasteiger partial charge in [0.05, 0.1) is 6.10 Å². The summed E-state index contributed by atoms with van der Waals surface area (Å²) >= 11 is 6.17. The second kappa shape index (κ2) is 10.4. The third-order valence-electron chi connectivity index (χ3n) is 4.33. The van der Waals surface area contributed by atoms with Crippen molar-refractivity contribution in [2.45, 2.75) is 59.7 Å². The molecule has 2 aromatic carbocycles. The van der Waals surface area contributed by atoms with Crippen LogP contribution in [0.1, 0.15) is 43.9 Å². The molecule has 0 fully saturated rings. The van der Waals surface area contributed by atoms with Crippen molar-refractivity contribution in [3.63, 3.8) is 0 Å². The summed E-state index contributed by atoms with van der Waals surface area (Å²) in [6.45, 7) is 10.2. The largest absolute Gasteiger partial charge is 0.491 e. The van der Waals surface area contributed by atoms with Gasteiger partial charge in [0.25, 0.3) is 5.91 Å². The number of halogens is 1. The third kappa shape index (κ3) is 6.75. The Morgan fingerprint density at radius 1 is 1.00 bits per heavy atom. The molecule has 1 N–H and O–H groups in total. The number of hydrogen-bond donors (Lipinski definition) is 1. The molecule has 0 unspecified atom stereocenters. The average Bonchev–Trinajstić information content (AvgIpc) is 2.63. The molecule has 0 saturated carbocycles. The molecule has 0 aliphatic rings. The van der Waals surface area contributed by atoms with E-state index in [-0.39, 0.29) is 12.0 Å². The molecular formula is C23H30ClNO3. The Kier molecular flexibility index (Phi) is 8.18. The average molecular weight is 404 g/mol. The first-order chi connectivity index (χ1) is 13.3. The molecule has 28 heavy (non-hydrogen) atoms.